The predicted octanol–water partition coefficient (Wildman–Crippen LogP) is 3.17. The lowest BCUT2D eigenvalue weighted by atomic mass is 9.83. The van der Waals surface area contributed by atoms with Crippen LogP contribution in [0.3, 0.4) is 0 Å². The van der Waals surface area contributed by atoms with E-state index in [1.807, 2.05) is 6.92 Å². The summed E-state index contributed by atoms with van der Waals surface area (Å²) in [7, 11) is 0. The van der Waals surface area contributed by atoms with Crippen LogP contribution in [0.15, 0.2) is 30.5 Å². The lowest BCUT2D eigenvalue weighted by Gasteiger charge is -2.37. The zero-order valence-electron chi connectivity index (χ0n) is 25.9. The van der Waals surface area contributed by atoms with Crippen LogP contribution in [0, 0.1) is 11.7 Å². The number of benzene rings is 1. The van der Waals surface area contributed by atoms with Gasteiger partial charge < -0.3 is 26.0 Å². The van der Waals surface area contributed by atoms with Crippen LogP contribution in [0.1, 0.15) is 88.2 Å². The number of aryl methyl sites for hydroxylation is 1. The van der Waals surface area contributed by atoms with Crippen molar-refractivity contribution < 1.29 is 28.7 Å². The second-order valence-electron chi connectivity index (χ2n) is 12.2. The highest BCUT2D eigenvalue weighted by Crippen LogP contribution is 2.28. The first-order valence-corrected chi connectivity index (χ1v) is 15.7. The predicted molar refractivity (Wildman–Crippen MR) is 163 cm³/mol. The number of carbonyl (C=O) groups excluding carboxylic acids is 4. The highest BCUT2D eigenvalue weighted by atomic mass is 19.1. The van der Waals surface area contributed by atoms with Gasteiger partial charge in [0, 0.05) is 38.7 Å². The van der Waals surface area contributed by atoms with Crippen LogP contribution in [0.5, 0.6) is 0 Å². The maximum Gasteiger partial charge on any atom is 0.270 e. The van der Waals surface area contributed by atoms with Gasteiger partial charge in [-0.2, -0.15) is 5.10 Å². The molecule has 4 amide bonds. The number of nitrogens with one attached hydrogen (secondary N) is 3. The van der Waals surface area contributed by atoms with E-state index in [0.29, 0.717) is 43.7 Å². The normalized spacial score (nSPS) is 18.2. The number of amides is 4. The fourth-order valence-electron chi connectivity index (χ4n) is 6.02. The fourth-order valence-corrected chi connectivity index (χ4v) is 6.02. The van der Waals surface area contributed by atoms with E-state index in [2.05, 4.69) is 21.0 Å². The minimum absolute atomic E-state index is 0.0360. The minimum Gasteiger partial charge on any atom is -0.390 e. The fraction of sp³-hybridized carbons (Fsp3) is 0.594. The van der Waals surface area contributed by atoms with E-state index in [4.69, 9.17) is 0 Å². The first-order chi connectivity index (χ1) is 21.0. The van der Waals surface area contributed by atoms with E-state index in [1.165, 1.54) is 18.3 Å². The zero-order chi connectivity index (χ0) is 31.9. The molecule has 11 nitrogen and oxygen atoms in total. The number of nitrogens with zero attached hydrogens (tertiary/aromatic N) is 3. The Morgan fingerprint density at radius 3 is 2.41 bits per heavy atom. The summed E-state index contributed by atoms with van der Waals surface area (Å²) in [4.78, 5) is 53.8. The van der Waals surface area contributed by atoms with E-state index in [0.717, 1.165) is 32.1 Å². The molecule has 2 aliphatic rings. The van der Waals surface area contributed by atoms with Crippen molar-refractivity contribution in [2.45, 2.75) is 103 Å². The Hall–Kier alpha value is -3.80. The Morgan fingerprint density at radius 2 is 1.77 bits per heavy atom. The molecule has 0 unspecified atom stereocenters. The van der Waals surface area contributed by atoms with Crippen molar-refractivity contribution >= 4 is 29.3 Å². The standard InChI is InChI=1S/C32H45FN6O5/c1-4-27(40)35-25(31(43)38-17-14-32(3,44)15-18-38)20-21-11-12-24(23(33)19-21)36-30(42)28(22-9-7-6-8-10-22)37-29(41)26-13-16-34-39(26)5-2/h11-13,16,19,22,25,28,44H,4-10,14-15,17-18,20H2,1-3H3,(H,35,40)(H,36,42)(H,37,41)/t25-,28+/m1/s1. The van der Waals surface area contributed by atoms with Gasteiger partial charge in [0.05, 0.1) is 11.3 Å². The second-order valence-corrected chi connectivity index (χ2v) is 12.2. The molecule has 2 atom stereocenters. The van der Waals surface area contributed by atoms with Gasteiger partial charge in [0.25, 0.3) is 5.91 Å². The van der Waals surface area contributed by atoms with Crippen molar-refractivity contribution in [1.29, 1.82) is 0 Å². The highest BCUT2D eigenvalue weighted by molar-refractivity contribution is 6.00. The summed E-state index contributed by atoms with van der Waals surface area (Å²) in [5, 5.41) is 22.7. The number of hydrogen-bond acceptors (Lipinski definition) is 6. The van der Waals surface area contributed by atoms with Crippen molar-refractivity contribution in [2.24, 2.45) is 5.92 Å². The number of piperidine rings is 1. The molecule has 4 N–H and O–H groups in total. The molecule has 4 rings (SSSR count). The quantitative estimate of drug-likeness (QED) is 0.307. The number of hydrogen-bond donors (Lipinski definition) is 4. The maximum absolute atomic E-state index is 15.4. The van der Waals surface area contributed by atoms with Crippen LogP contribution in [0.25, 0.3) is 0 Å². The Kier molecular flexibility index (Phi) is 11.1. The minimum atomic E-state index is -0.896. The Labute approximate surface area is 257 Å². The summed E-state index contributed by atoms with van der Waals surface area (Å²) in [6.45, 7) is 6.53. The molecule has 240 valence electrons. The molecule has 1 aliphatic heterocycles. The Balaban J connectivity index is 1.47. The Bertz CT molecular complexity index is 1330. The summed E-state index contributed by atoms with van der Waals surface area (Å²) in [6.07, 6.45) is 7.18. The summed E-state index contributed by atoms with van der Waals surface area (Å²) in [6, 6.07) is 4.17. The van der Waals surface area contributed by atoms with Gasteiger partial charge in [-0.3, -0.25) is 23.9 Å². The van der Waals surface area contributed by atoms with Gasteiger partial charge in [-0.25, -0.2) is 4.39 Å². The van der Waals surface area contributed by atoms with Crippen molar-refractivity contribution in [1.82, 2.24) is 25.3 Å². The molecule has 2 aromatic rings. The summed E-state index contributed by atoms with van der Waals surface area (Å²) < 4.78 is 17.0. The third-order valence-electron chi connectivity index (χ3n) is 8.78. The van der Waals surface area contributed by atoms with Crippen LogP contribution in [0.2, 0.25) is 0 Å². The lowest BCUT2D eigenvalue weighted by Crippen LogP contribution is -2.53. The average molecular weight is 613 g/mol. The van der Waals surface area contributed by atoms with Gasteiger partial charge in [-0.15, -0.1) is 0 Å². The number of halogens is 1. The highest BCUT2D eigenvalue weighted by Gasteiger charge is 2.34. The monoisotopic (exact) mass is 612 g/mol. The number of carbonyl (C=O) groups is 4. The molecule has 44 heavy (non-hydrogen) atoms. The van der Waals surface area contributed by atoms with Crippen LogP contribution >= 0.6 is 0 Å². The third-order valence-corrected chi connectivity index (χ3v) is 8.78. The van der Waals surface area contributed by atoms with Gasteiger partial charge in [0.1, 0.15) is 23.6 Å². The van der Waals surface area contributed by atoms with Crippen LogP contribution < -0.4 is 16.0 Å². The molecule has 1 aromatic heterocycles. The van der Waals surface area contributed by atoms with E-state index in [9.17, 15) is 24.3 Å². The SMILES string of the molecule is CCC(=O)N[C@H](Cc1ccc(NC(=O)[C@@H](NC(=O)c2ccnn2CC)C2CCCCC2)c(F)c1)C(=O)N1CCC(C)(O)CC1. The smallest absolute Gasteiger partial charge is 0.270 e. The van der Waals surface area contributed by atoms with Crippen molar-refractivity contribution in [3.05, 3.63) is 47.5 Å². The van der Waals surface area contributed by atoms with E-state index in [1.54, 1.807) is 35.6 Å². The molecular formula is C32H45FN6O5. The summed E-state index contributed by atoms with van der Waals surface area (Å²) in [5.41, 5.74) is -0.0414. The lowest BCUT2D eigenvalue weighted by molar-refractivity contribution is -0.139. The average Bonchev–Trinajstić information content (AvgIpc) is 3.50. The number of aliphatic hydroxyl groups is 1. The molecule has 12 heteroatoms. The van der Waals surface area contributed by atoms with Crippen LogP contribution in [-0.4, -0.2) is 74.2 Å². The van der Waals surface area contributed by atoms with Gasteiger partial charge >= 0.3 is 0 Å². The van der Waals surface area contributed by atoms with Crippen molar-refractivity contribution in [3.63, 3.8) is 0 Å². The first kappa shape index (κ1) is 33.1. The molecular weight excluding hydrogens is 567 g/mol. The van der Waals surface area contributed by atoms with Gasteiger partial charge in [-0.1, -0.05) is 32.3 Å². The summed E-state index contributed by atoms with van der Waals surface area (Å²) >= 11 is 0. The van der Waals surface area contributed by atoms with Crippen molar-refractivity contribution in [2.75, 3.05) is 18.4 Å². The molecule has 1 saturated carbocycles. The molecule has 0 bridgehead atoms. The second kappa shape index (κ2) is 14.8. The van der Waals surface area contributed by atoms with Gasteiger partial charge in [-0.05, 0) is 69.2 Å². The molecule has 0 spiro atoms. The first-order valence-electron chi connectivity index (χ1n) is 15.7. The molecule has 2 fully saturated rings. The molecule has 2 heterocycles. The number of aromatic nitrogens is 2. The number of rotatable bonds is 11. The molecule has 1 aromatic carbocycles. The van der Waals surface area contributed by atoms with Crippen molar-refractivity contribution in [3.8, 4) is 0 Å². The van der Waals surface area contributed by atoms with Crippen LogP contribution in [0.4, 0.5) is 10.1 Å². The summed E-state index contributed by atoms with van der Waals surface area (Å²) in [5.74, 6) is -2.25. The largest absolute Gasteiger partial charge is 0.390 e. The topological polar surface area (TPSA) is 146 Å². The van der Waals surface area contributed by atoms with E-state index >= 15 is 4.39 Å². The van der Waals surface area contributed by atoms with Crippen LogP contribution in [-0.2, 0) is 27.3 Å². The van der Waals surface area contributed by atoms with E-state index < -0.39 is 35.3 Å². The number of likely N-dealkylation sites (tertiary alicyclic amines) is 1. The van der Waals surface area contributed by atoms with Gasteiger partial charge in [0.15, 0.2) is 0 Å². The van der Waals surface area contributed by atoms with Gasteiger partial charge in [0.2, 0.25) is 17.7 Å². The molecule has 0 radical (unpaired) electrons. The molecule has 1 saturated heterocycles. The third kappa shape index (κ3) is 8.43. The van der Waals surface area contributed by atoms with E-state index in [-0.39, 0.29) is 36.3 Å². The Morgan fingerprint density at radius 1 is 1.07 bits per heavy atom. The maximum atomic E-state index is 15.4. The zero-order valence-corrected chi connectivity index (χ0v) is 25.9. The number of anilines is 1. The molecule has 1 aliphatic carbocycles.